The van der Waals surface area contributed by atoms with Crippen molar-refractivity contribution in [1.82, 2.24) is 9.80 Å². The highest BCUT2D eigenvalue weighted by atomic mass is 19.1. The standard InChI is InChI=1S/C24H31FN2O2/c1-16-6-7-17(2)24(20(16)5)29-15-23(28)27-13-18(3)26(12-19(27)4)14-21-8-10-22(25)11-9-21/h6-11,18-19H,12-15H2,1-5H3/t18-,19+/m1/s1. The highest BCUT2D eigenvalue weighted by molar-refractivity contribution is 5.78. The summed E-state index contributed by atoms with van der Waals surface area (Å²) < 4.78 is 19.1. The molecule has 0 unspecified atom stereocenters. The van der Waals surface area contributed by atoms with Gasteiger partial charge in [-0.2, -0.15) is 0 Å². The van der Waals surface area contributed by atoms with Crippen LogP contribution < -0.4 is 4.74 Å². The van der Waals surface area contributed by atoms with Crippen molar-refractivity contribution in [2.75, 3.05) is 19.7 Å². The van der Waals surface area contributed by atoms with Gasteiger partial charge in [0.05, 0.1) is 0 Å². The van der Waals surface area contributed by atoms with Crippen LogP contribution in [0.15, 0.2) is 36.4 Å². The fourth-order valence-corrected chi connectivity index (χ4v) is 3.95. The fourth-order valence-electron chi connectivity index (χ4n) is 3.95. The number of carbonyl (C=O) groups is 1. The van der Waals surface area contributed by atoms with Gasteiger partial charge in [0, 0.05) is 31.7 Å². The zero-order chi connectivity index (χ0) is 21.1. The van der Waals surface area contributed by atoms with E-state index in [1.54, 1.807) is 0 Å². The van der Waals surface area contributed by atoms with Gasteiger partial charge in [-0.05, 0) is 69.0 Å². The van der Waals surface area contributed by atoms with Crippen LogP contribution in [-0.4, -0.2) is 47.5 Å². The maximum Gasteiger partial charge on any atom is 0.260 e. The van der Waals surface area contributed by atoms with Gasteiger partial charge in [0.25, 0.3) is 5.91 Å². The molecule has 2 atom stereocenters. The monoisotopic (exact) mass is 398 g/mol. The highest BCUT2D eigenvalue weighted by Crippen LogP contribution is 2.26. The number of nitrogens with zero attached hydrogens (tertiary/aromatic N) is 2. The van der Waals surface area contributed by atoms with Crippen LogP contribution in [0.2, 0.25) is 0 Å². The third-order valence-corrected chi connectivity index (χ3v) is 5.95. The Balaban J connectivity index is 1.60. The molecule has 4 nitrogen and oxygen atoms in total. The molecule has 1 amide bonds. The SMILES string of the molecule is Cc1ccc(C)c(OCC(=O)N2C[C@@H](C)N(Cc3ccc(F)cc3)C[C@@H]2C)c1C. The molecule has 1 heterocycles. The van der Waals surface area contributed by atoms with Gasteiger partial charge in [-0.25, -0.2) is 4.39 Å². The molecule has 0 radical (unpaired) electrons. The van der Waals surface area contributed by atoms with E-state index in [2.05, 4.69) is 24.8 Å². The summed E-state index contributed by atoms with van der Waals surface area (Å²) in [5.41, 5.74) is 4.38. The molecule has 1 fully saturated rings. The van der Waals surface area contributed by atoms with Crippen molar-refractivity contribution in [3.05, 3.63) is 64.5 Å². The number of carbonyl (C=O) groups excluding carboxylic acids is 1. The van der Waals surface area contributed by atoms with E-state index in [0.717, 1.165) is 41.1 Å². The molecular weight excluding hydrogens is 367 g/mol. The van der Waals surface area contributed by atoms with E-state index in [1.165, 1.54) is 12.1 Å². The number of hydrogen-bond acceptors (Lipinski definition) is 3. The summed E-state index contributed by atoms with van der Waals surface area (Å²) in [5.74, 6) is 0.616. The Bertz CT molecular complexity index is 866. The molecule has 2 aromatic rings. The van der Waals surface area contributed by atoms with Crippen molar-refractivity contribution in [2.45, 2.75) is 53.2 Å². The Morgan fingerprint density at radius 1 is 1.00 bits per heavy atom. The number of halogens is 1. The van der Waals surface area contributed by atoms with E-state index < -0.39 is 0 Å². The molecule has 0 aromatic heterocycles. The topological polar surface area (TPSA) is 32.8 Å². The smallest absolute Gasteiger partial charge is 0.260 e. The zero-order valence-corrected chi connectivity index (χ0v) is 18.0. The molecule has 1 aliphatic rings. The Morgan fingerprint density at radius 2 is 1.66 bits per heavy atom. The maximum atomic E-state index is 13.1. The van der Waals surface area contributed by atoms with Gasteiger partial charge in [-0.1, -0.05) is 24.3 Å². The zero-order valence-electron chi connectivity index (χ0n) is 18.0. The van der Waals surface area contributed by atoms with Crippen molar-refractivity contribution in [3.8, 4) is 5.75 Å². The molecule has 156 valence electrons. The predicted molar refractivity (Wildman–Crippen MR) is 114 cm³/mol. The van der Waals surface area contributed by atoms with Gasteiger partial charge >= 0.3 is 0 Å². The molecular formula is C24H31FN2O2. The molecule has 1 saturated heterocycles. The molecule has 0 saturated carbocycles. The molecule has 1 aliphatic heterocycles. The molecule has 0 spiro atoms. The molecule has 5 heteroatoms. The van der Waals surface area contributed by atoms with E-state index >= 15 is 0 Å². The first kappa shape index (κ1) is 21.3. The third kappa shape index (κ3) is 4.96. The van der Waals surface area contributed by atoms with Gasteiger partial charge in [-0.15, -0.1) is 0 Å². The van der Waals surface area contributed by atoms with Crippen LogP contribution in [0.3, 0.4) is 0 Å². The summed E-state index contributed by atoms with van der Waals surface area (Å²) in [7, 11) is 0. The first-order valence-corrected chi connectivity index (χ1v) is 10.2. The number of piperazine rings is 1. The average Bonchev–Trinajstić information content (AvgIpc) is 2.69. The van der Waals surface area contributed by atoms with E-state index in [1.807, 2.05) is 43.9 Å². The van der Waals surface area contributed by atoms with E-state index in [-0.39, 0.29) is 30.4 Å². The lowest BCUT2D eigenvalue weighted by molar-refractivity contribution is -0.139. The van der Waals surface area contributed by atoms with Gasteiger partial charge in [0.2, 0.25) is 0 Å². The van der Waals surface area contributed by atoms with Crippen LogP contribution in [0.5, 0.6) is 5.75 Å². The Morgan fingerprint density at radius 3 is 2.34 bits per heavy atom. The molecule has 2 aromatic carbocycles. The molecule has 29 heavy (non-hydrogen) atoms. The van der Waals surface area contributed by atoms with Crippen molar-refractivity contribution in [2.24, 2.45) is 0 Å². The van der Waals surface area contributed by atoms with Crippen molar-refractivity contribution < 1.29 is 13.9 Å². The first-order chi connectivity index (χ1) is 13.8. The lowest BCUT2D eigenvalue weighted by atomic mass is 10.1. The molecule has 0 N–H and O–H groups in total. The van der Waals surface area contributed by atoms with Gasteiger partial charge in [0.1, 0.15) is 11.6 Å². The predicted octanol–water partition coefficient (Wildman–Crippen LogP) is 4.25. The first-order valence-electron chi connectivity index (χ1n) is 10.2. The van der Waals surface area contributed by atoms with E-state index in [0.29, 0.717) is 6.54 Å². The molecule has 3 rings (SSSR count). The van der Waals surface area contributed by atoms with Gasteiger partial charge in [-0.3, -0.25) is 9.69 Å². The van der Waals surface area contributed by atoms with Gasteiger partial charge < -0.3 is 9.64 Å². The van der Waals surface area contributed by atoms with Crippen molar-refractivity contribution in [1.29, 1.82) is 0 Å². The minimum Gasteiger partial charge on any atom is -0.483 e. The summed E-state index contributed by atoms with van der Waals surface area (Å²) in [6, 6.07) is 11.1. The molecule has 0 bridgehead atoms. The Kier molecular flexibility index (Phi) is 6.58. The van der Waals surface area contributed by atoms with Crippen LogP contribution in [-0.2, 0) is 11.3 Å². The minimum atomic E-state index is -0.218. The third-order valence-electron chi connectivity index (χ3n) is 5.95. The van der Waals surface area contributed by atoms with Crippen LogP contribution in [0.4, 0.5) is 4.39 Å². The fraction of sp³-hybridized carbons (Fsp3) is 0.458. The molecule has 0 aliphatic carbocycles. The van der Waals surface area contributed by atoms with Crippen molar-refractivity contribution in [3.63, 3.8) is 0 Å². The highest BCUT2D eigenvalue weighted by Gasteiger charge is 2.32. The van der Waals surface area contributed by atoms with Crippen molar-refractivity contribution >= 4 is 5.91 Å². The van der Waals surface area contributed by atoms with E-state index in [4.69, 9.17) is 4.74 Å². The second-order valence-corrected chi connectivity index (χ2v) is 8.24. The quantitative estimate of drug-likeness (QED) is 0.755. The Hall–Kier alpha value is -2.40. The summed E-state index contributed by atoms with van der Waals surface area (Å²) in [5, 5.41) is 0. The second kappa shape index (κ2) is 8.95. The largest absolute Gasteiger partial charge is 0.483 e. The lowest BCUT2D eigenvalue weighted by Gasteiger charge is -2.44. The van der Waals surface area contributed by atoms with Crippen LogP contribution in [0.1, 0.15) is 36.1 Å². The summed E-state index contributed by atoms with van der Waals surface area (Å²) >= 11 is 0. The second-order valence-electron chi connectivity index (χ2n) is 8.24. The average molecular weight is 399 g/mol. The summed E-state index contributed by atoms with van der Waals surface area (Å²) in [4.78, 5) is 17.1. The number of aryl methyl sites for hydroxylation is 2. The summed E-state index contributed by atoms with van der Waals surface area (Å²) in [6.07, 6.45) is 0. The van der Waals surface area contributed by atoms with Crippen LogP contribution in [0, 0.1) is 26.6 Å². The normalized spacial score (nSPS) is 20.0. The number of ether oxygens (including phenoxy) is 1. The van der Waals surface area contributed by atoms with Crippen LogP contribution in [0.25, 0.3) is 0 Å². The van der Waals surface area contributed by atoms with E-state index in [9.17, 15) is 9.18 Å². The number of hydrogen-bond donors (Lipinski definition) is 0. The Labute approximate surface area is 173 Å². The van der Waals surface area contributed by atoms with Crippen LogP contribution >= 0.6 is 0 Å². The number of amides is 1. The van der Waals surface area contributed by atoms with Gasteiger partial charge in [0.15, 0.2) is 6.61 Å². The number of rotatable bonds is 5. The summed E-state index contributed by atoms with van der Waals surface area (Å²) in [6.45, 7) is 12.5. The lowest BCUT2D eigenvalue weighted by Crippen LogP contribution is -2.58. The number of benzene rings is 2. The maximum absolute atomic E-state index is 13.1. The minimum absolute atomic E-state index is 0.0195.